The van der Waals surface area contributed by atoms with Crippen LogP contribution in [-0.4, -0.2) is 4.98 Å². The molecule has 0 amide bonds. The van der Waals surface area contributed by atoms with E-state index in [1.807, 2.05) is 12.1 Å². The van der Waals surface area contributed by atoms with Gasteiger partial charge < -0.3 is 4.98 Å². The molecule has 1 aromatic heterocycles. The molecule has 1 fully saturated rings. The van der Waals surface area contributed by atoms with Crippen LogP contribution in [-0.2, 0) is 6.42 Å². The van der Waals surface area contributed by atoms with E-state index in [4.69, 9.17) is 0 Å². The highest BCUT2D eigenvalue weighted by Gasteiger charge is 2.24. The highest BCUT2D eigenvalue weighted by molar-refractivity contribution is 5.79. The minimum Gasteiger partial charge on any atom is -0.358 e. The Labute approximate surface area is 94.3 Å². The summed E-state index contributed by atoms with van der Waals surface area (Å²) < 4.78 is 0. The van der Waals surface area contributed by atoms with E-state index in [0.29, 0.717) is 5.92 Å². The van der Waals surface area contributed by atoms with Gasteiger partial charge >= 0.3 is 0 Å². The zero-order chi connectivity index (χ0) is 11.1. The minimum atomic E-state index is 0.151. The molecule has 3 rings (SSSR count). The van der Waals surface area contributed by atoms with E-state index in [2.05, 4.69) is 18.0 Å². The van der Waals surface area contributed by atoms with Crippen molar-refractivity contribution in [1.29, 1.82) is 0 Å². The molecule has 1 heterocycles. The number of aromatic amines is 1. The van der Waals surface area contributed by atoms with Crippen molar-refractivity contribution in [3.63, 3.8) is 0 Å². The second kappa shape index (κ2) is 3.48. The van der Waals surface area contributed by atoms with Crippen molar-refractivity contribution in [3.05, 3.63) is 45.7 Å². The van der Waals surface area contributed by atoms with Crippen molar-refractivity contribution in [2.75, 3.05) is 0 Å². The zero-order valence-electron chi connectivity index (χ0n) is 9.42. The van der Waals surface area contributed by atoms with Crippen LogP contribution in [0.5, 0.6) is 0 Å². The lowest BCUT2D eigenvalue weighted by molar-refractivity contribution is 1.04. The summed E-state index contributed by atoms with van der Waals surface area (Å²) in [6.45, 7) is 2.13. The number of rotatable bonds is 2. The number of pyridine rings is 1. The molecule has 0 unspecified atom stereocenters. The van der Waals surface area contributed by atoms with Crippen LogP contribution in [0.4, 0.5) is 0 Å². The number of aromatic nitrogens is 1. The molecule has 16 heavy (non-hydrogen) atoms. The number of H-pyrrole nitrogens is 1. The molecule has 1 N–H and O–H groups in total. The lowest BCUT2D eigenvalue weighted by Gasteiger charge is -2.04. The average Bonchev–Trinajstić information content (AvgIpc) is 3.12. The van der Waals surface area contributed by atoms with Crippen molar-refractivity contribution >= 4 is 10.9 Å². The molecule has 0 spiro atoms. The van der Waals surface area contributed by atoms with E-state index in [9.17, 15) is 4.79 Å². The molecule has 0 atom stereocenters. The molecular formula is C14H15NO. The van der Waals surface area contributed by atoms with Crippen LogP contribution in [0.3, 0.4) is 0 Å². The van der Waals surface area contributed by atoms with Crippen LogP contribution < -0.4 is 5.43 Å². The average molecular weight is 213 g/mol. The van der Waals surface area contributed by atoms with Crippen molar-refractivity contribution in [2.24, 2.45) is 0 Å². The molecular weight excluding hydrogens is 198 g/mol. The van der Waals surface area contributed by atoms with Crippen LogP contribution >= 0.6 is 0 Å². The van der Waals surface area contributed by atoms with Gasteiger partial charge in [-0.25, -0.2) is 0 Å². The number of hydrogen-bond acceptors (Lipinski definition) is 1. The fraction of sp³-hybridized carbons (Fsp3) is 0.357. The highest BCUT2D eigenvalue weighted by Crippen LogP contribution is 2.38. The molecule has 2 nitrogen and oxygen atoms in total. The monoisotopic (exact) mass is 213 g/mol. The van der Waals surface area contributed by atoms with Gasteiger partial charge in [-0.15, -0.1) is 0 Å². The Kier molecular flexibility index (Phi) is 2.10. The van der Waals surface area contributed by atoms with Gasteiger partial charge in [0.15, 0.2) is 5.43 Å². The number of aryl methyl sites for hydroxylation is 1. The predicted octanol–water partition coefficient (Wildman–Crippen LogP) is 2.97. The largest absolute Gasteiger partial charge is 0.358 e. The van der Waals surface area contributed by atoms with E-state index in [1.165, 1.54) is 18.4 Å². The lowest BCUT2D eigenvalue weighted by Crippen LogP contribution is -2.04. The zero-order valence-corrected chi connectivity index (χ0v) is 9.42. The molecule has 2 heteroatoms. The third-order valence-electron chi connectivity index (χ3n) is 3.34. The number of nitrogens with one attached hydrogen (secondary N) is 1. The summed E-state index contributed by atoms with van der Waals surface area (Å²) in [4.78, 5) is 15.3. The second-order valence-electron chi connectivity index (χ2n) is 4.60. The summed E-state index contributed by atoms with van der Waals surface area (Å²) >= 11 is 0. The second-order valence-corrected chi connectivity index (χ2v) is 4.60. The van der Waals surface area contributed by atoms with E-state index in [1.54, 1.807) is 6.07 Å². The lowest BCUT2D eigenvalue weighted by atomic mass is 10.1. The van der Waals surface area contributed by atoms with Crippen LogP contribution in [0, 0.1) is 0 Å². The van der Waals surface area contributed by atoms with Gasteiger partial charge in [-0.2, -0.15) is 0 Å². The fourth-order valence-corrected chi connectivity index (χ4v) is 2.15. The standard InChI is InChI=1S/C14H15NO/c1-2-9-3-6-11-13(7-9)15-12(8-14(11)16)10-4-5-10/h3,6-8,10H,2,4-5H2,1H3,(H,15,16). The number of hydrogen-bond donors (Lipinski definition) is 1. The van der Waals surface area contributed by atoms with Crippen LogP contribution in [0.2, 0.25) is 0 Å². The van der Waals surface area contributed by atoms with Crippen molar-refractivity contribution < 1.29 is 0 Å². The van der Waals surface area contributed by atoms with E-state index >= 15 is 0 Å². The predicted molar refractivity (Wildman–Crippen MR) is 65.9 cm³/mol. The van der Waals surface area contributed by atoms with Crippen LogP contribution in [0.1, 0.15) is 36.9 Å². The van der Waals surface area contributed by atoms with Gasteiger partial charge in [0, 0.05) is 22.7 Å². The molecule has 82 valence electrons. The molecule has 1 aliphatic carbocycles. The van der Waals surface area contributed by atoms with Crippen molar-refractivity contribution in [1.82, 2.24) is 4.98 Å². The summed E-state index contributed by atoms with van der Waals surface area (Å²) in [6.07, 6.45) is 3.44. The Hall–Kier alpha value is -1.57. The summed E-state index contributed by atoms with van der Waals surface area (Å²) in [5.41, 5.74) is 3.54. The van der Waals surface area contributed by atoms with E-state index in [0.717, 1.165) is 23.0 Å². The topological polar surface area (TPSA) is 32.9 Å². The molecule has 1 saturated carbocycles. The van der Waals surface area contributed by atoms with Gasteiger partial charge in [0.2, 0.25) is 0 Å². The summed E-state index contributed by atoms with van der Waals surface area (Å²) in [6, 6.07) is 7.84. The van der Waals surface area contributed by atoms with Crippen molar-refractivity contribution in [3.8, 4) is 0 Å². The molecule has 0 bridgehead atoms. The first-order valence-electron chi connectivity index (χ1n) is 5.94. The Bertz CT molecular complexity index is 593. The number of benzene rings is 1. The third-order valence-corrected chi connectivity index (χ3v) is 3.34. The Morgan fingerprint density at radius 2 is 2.12 bits per heavy atom. The Balaban J connectivity index is 2.25. The van der Waals surface area contributed by atoms with Crippen molar-refractivity contribution in [2.45, 2.75) is 32.1 Å². The normalized spacial score (nSPS) is 15.6. The third kappa shape index (κ3) is 1.54. The molecule has 2 aromatic rings. The number of fused-ring (bicyclic) bond motifs is 1. The van der Waals surface area contributed by atoms with E-state index in [-0.39, 0.29) is 5.43 Å². The molecule has 0 radical (unpaired) electrons. The fourth-order valence-electron chi connectivity index (χ4n) is 2.15. The van der Waals surface area contributed by atoms with Crippen LogP contribution in [0.15, 0.2) is 29.1 Å². The summed E-state index contributed by atoms with van der Waals surface area (Å²) in [5.74, 6) is 0.599. The first-order valence-corrected chi connectivity index (χ1v) is 5.94. The molecule has 1 aliphatic rings. The van der Waals surface area contributed by atoms with Gasteiger partial charge in [-0.1, -0.05) is 13.0 Å². The van der Waals surface area contributed by atoms with Gasteiger partial charge in [-0.05, 0) is 42.9 Å². The first kappa shape index (κ1) is 9.64. The smallest absolute Gasteiger partial charge is 0.189 e. The molecule has 1 aromatic carbocycles. The Morgan fingerprint density at radius 1 is 1.31 bits per heavy atom. The van der Waals surface area contributed by atoms with Gasteiger partial charge in [0.05, 0.1) is 0 Å². The van der Waals surface area contributed by atoms with Gasteiger partial charge in [0.1, 0.15) is 0 Å². The molecule has 0 aliphatic heterocycles. The minimum absolute atomic E-state index is 0.151. The van der Waals surface area contributed by atoms with E-state index < -0.39 is 0 Å². The maximum atomic E-state index is 11.9. The maximum absolute atomic E-state index is 11.9. The SMILES string of the molecule is CCc1ccc2c(=O)cc(C3CC3)[nH]c2c1. The molecule has 0 saturated heterocycles. The quantitative estimate of drug-likeness (QED) is 0.817. The highest BCUT2D eigenvalue weighted by atomic mass is 16.1. The van der Waals surface area contributed by atoms with Crippen LogP contribution in [0.25, 0.3) is 10.9 Å². The Morgan fingerprint density at radius 3 is 2.81 bits per heavy atom. The van der Waals surface area contributed by atoms with Gasteiger partial charge in [0.25, 0.3) is 0 Å². The maximum Gasteiger partial charge on any atom is 0.189 e. The first-order chi connectivity index (χ1) is 7.78. The summed E-state index contributed by atoms with van der Waals surface area (Å²) in [5, 5.41) is 0.807. The summed E-state index contributed by atoms with van der Waals surface area (Å²) in [7, 11) is 0. The van der Waals surface area contributed by atoms with Gasteiger partial charge in [-0.3, -0.25) is 4.79 Å².